The third-order valence-electron chi connectivity index (χ3n) is 1.53. The number of hydrogen-bond acceptors (Lipinski definition) is 4. The number of ether oxygens (including phenoxy) is 3. The van der Waals surface area contributed by atoms with Crippen LogP contribution in [0.3, 0.4) is 0 Å². The minimum Gasteiger partial charge on any atom is -0.460 e. The summed E-state index contributed by atoms with van der Waals surface area (Å²) < 4.78 is 15.0. The Bertz CT molecular complexity index is 140. The number of esters is 1. The minimum absolute atomic E-state index is 0.184. The number of hydrogen-bond donors (Lipinski definition) is 0. The van der Waals surface area contributed by atoms with Crippen molar-refractivity contribution in [3.63, 3.8) is 0 Å². The van der Waals surface area contributed by atoms with E-state index in [1.54, 1.807) is 0 Å². The highest BCUT2D eigenvalue weighted by atomic mass is 16.7. The Kier molecular flexibility index (Phi) is 4.04. The first-order valence-corrected chi connectivity index (χ1v) is 4.21. The second-order valence-corrected chi connectivity index (χ2v) is 2.60. The Labute approximate surface area is 71.8 Å². The highest BCUT2D eigenvalue weighted by Crippen LogP contribution is 2.04. The highest BCUT2D eigenvalue weighted by Gasteiger charge is 2.17. The van der Waals surface area contributed by atoms with Crippen LogP contribution in [0.1, 0.15) is 19.8 Å². The van der Waals surface area contributed by atoms with E-state index in [1.165, 1.54) is 0 Å². The molecule has 0 aliphatic carbocycles. The average molecular weight is 174 g/mol. The summed E-state index contributed by atoms with van der Waals surface area (Å²) in [5, 5.41) is 0. The van der Waals surface area contributed by atoms with Gasteiger partial charge in [0.15, 0.2) is 6.29 Å². The molecule has 0 aromatic heterocycles. The Morgan fingerprint density at radius 2 is 2.17 bits per heavy atom. The van der Waals surface area contributed by atoms with Gasteiger partial charge in [0, 0.05) is 6.42 Å². The summed E-state index contributed by atoms with van der Waals surface area (Å²) in [4.78, 5) is 10.9. The van der Waals surface area contributed by atoms with Gasteiger partial charge in [-0.25, -0.2) is 0 Å². The summed E-state index contributed by atoms with van der Waals surface area (Å²) in [6.07, 6.45) is 0.934. The van der Waals surface area contributed by atoms with Crippen LogP contribution >= 0.6 is 0 Å². The lowest BCUT2D eigenvalue weighted by atomic mass is 10.3. The van der Waals surface area contributed by atoms with Crippen molar-refractivity contribution in [2.45, 2.75) is 26.1 Å². The van der Waals surface area contributed by atoms with Crippen LogP contribution in [-0.4, -0.2) is 32.1 Å². The quantitative estimate of drug-likeness (QED) is 0.588. The molecule has 1 rings (SSSR count). The van der Waals surface area contributed by atoms with Crippen LogP contribution in [-0.2, 0) is 19.0 Å². The summed E-state index contributed by atoms with van der Waals surface area (Å²) in [7, 11) is 0. The molecule has 0 bridgehead atoms. The molecule has 12 heavy (non-hydrogen) atoms. The topological polar surface area (TPSA) is 44.8 Å². The van der Waals surface area contributed by atoms with E-state index in [4.69, 9.17) is 14.2 Å². The van der Waals surface area contributed by atoms with Gasteiger partial charge in [-0.05, 0) is 6.42 Å². The minimum atomic E-state index is -0.342. The molecule has 70 valence electrons. The highest BCUT2D eigenvalue weighted by molar-refractivity contribution is 5.69. The molecule has 0 unspecified atom stereocenters. The van der Waals surface area contributed by atoms with Gasteiger partial charge in [0.05, 0.1) is 13.2 Å². The van der Waals surface area contributed by atoms with Gasteiger partial charge in [-0.1, -0.05) is 6.92 Å². The van der Waals surface area contributed by atoms with Crippen molar-refractivity contribution in [2.24, 2.45) is 0 Å². The van der Waals surface area contributed by atoms with E-state index < -0.39 is 0 Å². The number of carbonyl (C=O) groups excluding carboxylic acids is 1. The van der Waals surface area contributed by atoms with Crippen molar-refractivity contribution in [1.29, 1.82) is 0 Å². The van der Waals surface area contributed by atoms with Gasteiger partial charge in [0.2, 0.25) is 0 Å². The predicted octanol–water partition coefficient (Wildman–Crippen LogP) is 0.703. The fraction of sp³-hybridized carbons (Fsp3) is 0.875. The van der Waals surface area contributed by atoms with Crippen molar-refractivity contribution in [3.05, 3.63) is 0 Å². The molecule has 1 heterocycles. The summed E-state index contributed by atoms with van der Waals surface area (Å²) in [6.45, 7) is 3.34. The van der Waals surface area contributed by atoms with Crippen LogP contribution in [0.4, 0.5) is 0 Å². The van der Waals surface area contributed by atoms with Gasteiger partial charge in [-0.2, -0.15) is 0 Å². The predicted molar refractivity (Wildman–Crippen MR) is 41.6 cm³/mol. The molecule has 1 aliphatic rings. The molecule has 4 heteroatoms. The molecule has 1 aliphatic heterocycles. The van der Waals surface area contributed by atoms with Crippen molar-refractivity contribution >= 4 is 5.97 Å². The van der Waals surface area contributed by atoms with Crippen molar-refractivity contribution in [2.75, 3.05) is 19.8 Å². The normalized spacial score (nSPS) is 18.1. The molecule has 0 aromatic carbocycles. The van der Waals surface area contributed by atoms with Gasteiger partial charge in [0.1, 0.15) is 6.61 Å². The first-order valence-electron chi connectivity index (χ1n) is 4.21. The van der Waals surface area contributed by atoms with Crippen molar-refractivity contribution in [1.82, 2.24) is 0 Å². The zero-order valence-electron chi connectivity index (χ0n) is 7.25. The fourth-order valence-corrected chi connectivity index (χ4v) is 0.941. The monoisotopic (exact) mass is 174 g/mol. The average Bonchev–Trinajstić information content (AvgIpc) is 2.53. The van der Waals surface area contributed by atoms with Crippen molar-refractivity contribution in [3.8, 4) is 0 Å². The fourth-order valence-electron chi connectivity index (χ4n) is 0.941. The summed E-state index contributed by atoms with van der Waals surface area (Å²) in [5.41, 5.74) is 0. The maximum Gasteiger partial charge on any atom is 0.305 e. The van der Waals surface area contributed by atoms with E-state index in [2.05, 4.69) is 0 Å². The molecule has 0 aromatic rings. The van der Waals surface area contributed by atoms with Gasteiger partial charge in [-0.15, -0.1) is 0 Å². The first kappa shape index (κ1) is 9.48. The van der Waals surface area contributed by atoms with Gasteiger partial charge >= 0.3 is 5.97 Å². The molecule has 1 saturated heterocycles. The third kappa shape index (κ3) is 3.19. The smallest absolute Gasteiger partial charge is 0.305 e. The SMILES string of the molecule is CCCC(=O)OCC1OCCO1. The largest absolute Gasteiger partial charge is 0.460 e. The molecule has 0 atom stereocenters. The van der Waals surface area contributed by atoms with Crippen LogP contribution in [0.15, 0.2) is 0 Å². The molecule has 0 amide bonds. The maximum absolute atomic E-state index is 10.9. The Morgan fingerprint density at radius 1 is 1.50 bits per heavy atom. The second-order valence-electron chi connectivity index (χ2n) is 2.60. The van der Waals surface area contributed by atoms with E-state index in [9.17, 15) is 4.79 Å². The van der Waals surface area contributed by atoms with Gasteiger partial charge in [0.25, 0.3) is 0 Å². The number of rotatable bonds is 4. The molecular weight excluding hydrogens is 160 g/mol. The zero-order valence-corrected chi connectivity index (χ0v) is 7.25. The van der Waals surface area contributed by atoms with E-state index >= 15 is 0 Å². The second kappa shape index (κ2) is 5.11. The van der Waals surface area contributed by atoms with E-state index in [0.29, 0.717) is 19.6 Å². The standard InChI is InChI=1S/C8H14O4/c1-2-3-7(9)12-6-8-10-4-5-11-8/h8H,2-6H2,1H3. The van der Waals surface area contributed by atoms with E-state index in [-0.39, 0.29) is 18.9 Å². The van der Waals surface area contributed by atoms with E-state index in [1.807, 2.05) is 6.92 Å². The van der Waals surface area contributed by atoms with Crippen LogP contribution in [0, 0.1) is 0 Å². The van der Waals surface area contributed by atoms with Gasteiger partial charge in [-0.3, -0.25) is 4.79 Å². The third-order valence-corrected chi connectivity index (χ3v) is 1.53. The lowest BCUT2D eigenvalue weighted by Gasteiger charge is -2.08. The molecule has 0 saturated carbocycles. The zero-order chi connectivity index (χ0) is 8.81. The summed E-state index contributed by atoms with van der Waals surface area (Å²) in [5.74, 6) is -0.184. The molecule has 0 spiro atoms. The molecule has 4 nitrogen and oxygen atoms in total. The maximum atomic E-state index is 10.9. The summed E-state index contributed by atoms with van der Waals surface area (Å²) >= 11 is 0. The first-order chi connectivity index (χ1) is 5.83. The van der Waals surface area contributed by atoms with E-state index in [0.717, 1.165) is 6.42 Å². The Hall–Kier alpha value is -0.610. The van der Waals surface area contributed by atoms with Crippen LogP contribution in [0.2, 0.25) is 0 Å². The Balaban J connectivity index is 2.03. The van der Waals surface area contributed by atoms with Gasteiger partial charge < -0.3 is 14.2 Å². The lowest BCUT2D eigenvalue weighted by molar-refractivity contribution is -0.155. The molecular formula is C8H14O4. The summed E-state index contributed by atoms with van der Waals surface area (Å²) in [6, 6.07) is 0. The molecule has 1 fully saturated rings. The molecule has 0 N–H and O–H groups in total. The van der Waals surface area contributed by atoms with Crippen LogP contribution in [0.5, 0.6) is 0 Å². The van der Waals surface area contributed by atoms with Crippen molar-refractivity contribution < 1.29 is 19.0 Å². The number of carbonyl (C=O) groups is 1. The van der Waals surface area contributed by atoms with Crippen LogP contribution in [0.25, 0.3) is 0 Å². The van der Waals surface area contributed by atoms with Crippen LogP contribution < -0.4 is 0 Å². The Morgan fingerprint density at radius 3 is 2.75 bits per heavy atom. The lowest BCUT2D eigenvalue weighted by Crippen LogP contribution is -2.19. The molecule has 0 radical (unpaired) electrons.